The number of nitrogens with one attached hydrogen (secondary N) is 1. The summed E-state index contributed by atoms with van der Waals surface area (Å²) in [7, 11) is 3.04. The maximum atomic E-state index is 12.5. The molecule has 7 nitrogen and oxygen atoms in total. The molecule has 0 atom stereocenters. The van der Waals surface area contributed by atoms with Crippen LogP contribution in [0.5, 0.6) is 11.5 Å². The maximum Gasteiger partial charge on any atom is 0.322 e. The van der Waals surface area contributed by atoms with Crippen LogP contribution in [-0.2, 0) is 6.42 Å². The molecule has 3 rings (SSSR count). The average Bonchev–Trinajstić information content (AvgIpc) is 3.15. The summed E-state index contributed by atoms with van der Waals surface area (Å²) in [5.41, 5.74) is 1.42. The monoisotopic (exact) mass is 399 g/mol. The van der Waals surface area contributed by atoms with Crippen LogP contribution < -0.4 is 14.8 Å². The minimum absolute atomic E-state index is 0.0416. The summed E-state index contributed by atoms with van der Waals surface area (Å²) in [6.45, 7) is 2.12. The molecular weight excluding hydrogens is 378 g/mol. The van der Waals surface area contributed by atoms with Crippen molar-refractivity contribution in [3.63, 3.8) is 0 Å². The van der Waals surface area contributed by atoms with Gasteiger partial charge in [-0.25, -0.2) is 0 Å². The Kier molecular flexibility index (Phi) is 6.54. The highest BCUT2D eigenvalue weighted by Gasteiger charge is 2.14. The number of thioether (sulfide) groups is 1. The zero-order chi connectivity index (χ0) is 19.9. The van der Waals surface area contributed by atoms with Crippen molar-refractivity contribution in [3.05, 3.63) is 59.5 Å². The number of anilines is 1. The second-order valence-corrected chi connectivity index (χ2v) is 7.15. The molecule has 3 aromatic rings. The Labute approximate surface area is 167 Å². The lowest BCUT2D eigenvalue weighted by atomic mass is 10.1. The first kappa shape index (κ1) is 19.8. The summed E-state index contributed by atoms with van der Waals surface area (Å²) in [6, 6.07) is 13.1. The van der Waals surface area contributed by atoms with Gasteiger partial charge in [0, 0.05) is 16.5 Å². The van der Waals surface area contributed by atoms with Crippen LogP contribution in [0, 0.1) is 0 Å². The number of carbonyl (C=O) groups is 1. The normalized spacial score (nSPS) is 10.5. The topological polar surface area (TPSA) is 86.5 Å². The lowest BCUT2D eigenvalue weighted by molar-refractivity contribution is 0.102. The van der Waals surface area contributed by atoms with E-state index in [-0.39, 0.29) is 6.01 Å². The van der Waals surface area contributed by atoms with E-state index in [1.54, 1.807) is 30.0 Å². The lowest BCUT2D eigenvalue weighted by Gasteiger charge is -2.07. The SMILES string of the molecule is CCSc1ccc(Cc2nnc(NC(=O)c3cc(OC)cc(OC)c3)o2)cc1. The first-order valence-electron chi connectivity index (χ1n) is 8.69. The number of hydrogen-bond donors (Lipinski definition) is 1. The van der Waals surface area contributed by atoms with Crippen molar-refractivity contribution in [1.82, 2.24) is 10.2 Å². The predicted octanol–water partition coefficient (Wildman–Crippen LogP) is 4.04. The van der Waals surface area contributed by atoms with Crippen LogP contribution in [0.15, 0.2) is 51.8 Å². The van der Waals surface area contributed by atoms with Gasteiger partial charge in [-0.1, -0.05) is 24.2 Å². The molecule has 0 fully saturated rings. The predicted molar refractivity (Wildman–Crippen MR) is 107 cm³/mol. The van der Waals surface area contributed by atoms with Gasteiger partial charge in [-0.3, -0.25) is 10.1 Å². The minimum Gasteiger partial charge on any atom is -0.497 e. The quantitative estimate of drug-likeness (QED) is 0.572. The van der Waals surface area contributed by atoms with Gasteiger partial charge in [-0.05, 0) is 35.6 Å². The van der Waals surface area contributed by atoms with E-state index >= 15 is 0 Å². The molecule has 0 bridgehead atoms. The fourth-order valence-corrected chi connectivity index (χ4v) is 3.19. The van der Waals surface area contributed by atoms with Crippen LogP contribution in [0.2, 0.25) is 0 Å². The highest BCUT2D eigenvalue weighted by Crippen LogP contribution is 2.23. The Morgan fingerprint density at radius 2 is 1.75 bits per heavy atom. The molecule has 0 aliphatic heterocycles. The summed E-state index contributed by atoms with van der Waals surface area (Å²) in [4.78, 5) is 13.7. The van der Waals surface area contributed by atoms with Gasteiger partial charge in [0.05, 0.1) is 20.6 Å². The molecule has 28 heavy (non-hydrogen) atoms. The summed E-state index contributed by atoms with van der Waals surface area (Å²) in [6.07, 6.45) is 0.493. The fraction of sp³-hybridized carbons (Fsp3) is 0.250. The van der Waals surface area contributed by atoms with Gasteiger partial charge in [-0.15, -0.1) is 16.9 Å². The Morgan fingerprint density at radius 3 is 2.36 bits per heavy atom. The van der Waals surface area contributed by atoms with E-state index < -0.39 is 5.91 Å². The van der Waals surface area contributed by atoms with Gasteiger partial charge in [0.25, 0.3) is 5.91 Å². The van der Waals surface area contributed by atoms with E-state index in [4.69, 9.17) is 13.9 Å². The molecule has 1 N–H and O–H groups in total. The van der Waals surface area contributed by atoms with Gasteiger partial charge < -0.3 is 13.9 Å². The number of amides is 1. The largest absolute Gasteiger partial charge is 0.497 e. The fourth-order valence-electron chi connectivity index (χ4n) is 2.53. The van der Waals surface area contributed by atoms with Gasteiger partial charge in [-0.2, -0.15) is 0 Å². The third-order valence-corrected chi connectivity index (χ3v) is 4.78. The average molecular weight is 399 g/mol. The number of rotatable bonds is 8. The molecule has 2 aromatic carbocycles. The van der Waals surface area contributed by atoms with Gasteiger partial charge in [0.15, 0.2) is 0 Å². The van der Waals surface area contributed by atoms with E-state index in [9.17, 15) is 4.79 Å². The molecule has 1 amide bonds. The summed E-state index contributed by atoms with van der Waals surface area (Å²) < 4.78 is 15.9. The highest BCUT2D eigenvalue weighted by atomic mass is 32.2. The molecule has 0 saturated heterocycles. The molecule has 0 radical (unpaired) electrons. The van der Waals surface area contributed by atoms with Crippen molar-refractivity contribution < 1.29 is 18.7 Å². The Morgan fingerprint density at radius 1 is 1.07 bits per heavy atom. The Balaban J connectivity index is 1.66. The standard InChI is InChI=1S/C20H21N3O4S/c1-4-28-17-7-5-13(6-8-17)9-18-22-23-20(27-18)21-19(24)14-10-15(25-2)12-16(11-14)26-3/h5-8,10-12H,4,9H2,1-3H3,(H,21,23,24). The van der Waals surface area contributed by atoms with Crippen LogP contribution in [0.25, 0.3) is 0 Å². The van der Waals surface area contributed by atoms with E-state index in [1.807, 2.05) is 12.1 Å². The molecular formula is C20H21N3O4S. The molecule has 0 spiro atoms. The number of ether oxygens (including phenoxy) is 2. The number of carbonyl (C=O) groups excluding carboxylic acids is 1. The molecule has 1 heterocycles. The van der Waals surface area contributed by atoms with E-state index in [2.05, 4.69) is 34.6 Å². The maximum absolute atomic E-state index is 12.5. The van der Waals surface area contributed by atoms with Gasteiger partial charge >= 0.3 is 6.01 Å². The minimum atomic E-state index is -0.395. The second-order valence-electron chi connectivity index (χ2n) is 5.81. The van der Waals surface area contributed by atoms with Crippen molar-refractivity contribution in [1.29, 1.82) is 0 Å². The smallest absolute Gasteiger partial charge is 0.322 e. The second kappa shape index (κ2) is 9.27. The van der Waals surface area contributed by atoms with Crippen molar-refractivity contribution in [2.75, 3.05) is 25.3 Å². The van der Waals surface area contributed by atoms with Crippen LogP contribution in [0.4, 0.5) is 6.01 Å². The van der Waals surface area contributed by atoms with Crippen LogP contribution in [0.3, 0.4) is 0 Å². The van der Waals surface area contributed by atoms with Gasteiger partial charge in [0.1, 0.15) is 11.5 Å². The molecule has 146 valence electrons. The van der Waals surface area contributed by atoms with E-state index in [0.29, 0.717) is 29.4 Å². The summed E-state index contributed by atoms with van der Waals surface area (Å²) in [5.74, 6) is 2.09. The number of hydrogen-bond acceptors (Lipinski definition) is 7. The molecule has 0 saturated carbocycles. The van der Waals surface area contributed by atoms with Crippen LogP contribution in [0.1, 0.15) is 28.7 Å². The molecule has 1 aromatic heterocycles. The third-order valence-electron chi connectivity index (χ3n) is 3.89. The first-order valence-corrected chi connectivity index (χ1v) is 9.68. The molecule has 0 aliphatic rings. The third kappa shape index (κ3) is 5.04. The molecule has 0 unspecified atom stereocenters. The molecule has 0 aliphatic carbocycles. The number of nitrogens with zero attached hydrogens (tertiary/aromatic N) is 2. The summed E-state index contributed by atoms with van der Waals surface area (Å²) in [5, 5.41) is 10.5. The zero-order valence-corrected chi connectivity index (χ0v) is 16.7. The van der Waals surface area contributed by atoms with Crippen LogP contribution in [-0.4, -0.2) is 36.1 Å². The Bertz CT molecular complexity index is 919. The number of methoxy groups -OCH3 is 2. The number of benzene rings is 2. The van der Waals surface area contributed by atoms with E-state index in [0.717, 1.165) is 11.3 Å². The molecule has 8 heteroatoms. The van der Waals surface area contributed by atoms with Crippen molar-refractivity contribution >= 4 is 23.7 Å². The lowest BCUT2D eigenvalue weighted by Crippen LogP contribution is -2.12. The zero-order valence-electron chi connectivity index (χ0n) is 15.9. The van der Waals surface area contributed by atoms with Crippen LogP contribution >= 0.6 is 11.8 Å². The summed E-state index contributed by atoms with van der Waals surface area (Å²) >= 11 is 1.79. The Hall–Kier alpha value is -3.00. The highest BCUT2D eigenvalue weighted by molar-refractivity contribution is 7.99. The number of aromatic nitrogens is 2. The van der Waals surface area contributed by atoms with Gasteiger partial charge in [0.2, 0.25) is 5.89 Å². The first-order chi connectivity index (χ1) is 13.6. The van der Waals surface area contributed by atoms with E-state index in [1.165, 1.54) is 19.1 Å². The van der Waals surface area contributed by atoms with Crippen molar-refractivity contribution in [3.8, 4) is 11.5 Å². The van der Waals surface area contributed by atoms with Crippen molar-refractivity contribution in [2.24, 2.45) is 0 Å². The van der Waals surface area contributed by atoms with Crippen molar-refractivity contribution in [2.45, 2.75) is 18.2 Å².